The topological polar surface area (TPSA) is 75.3 Å². The maximum Gasteiger partial charge on any atom is 0.265 e. The molecule has 2 N–H and O–H groups in total. The molecule has 30 heavy (non-hydrogen) atoms. The molecule has 0 aliphatic rings. The number of thiophene rings is 2. The van der Waals surface area contributed by atoms with Crippen LogP contribution in [0.25, 0.3) is 0 Å². The van der Waals surface area contributed by atoms with E-state index in [9.17, 15) is 14.4 Å². The summed E-state index contributed by atoms with van der Waals surface area (Å²) in [7, 11) is 0. The summed E-state index contributed by atoms with van der Waals surface area (Å²) >= 11 is 2.74. The Labute approximate surface area is 181 Å². The molecule has 0 atom stereocenters. The van der Waals surface area contributed by atoms with Crippen LogP contribution in [0.3, 0.4) is 0 Å². The number of rotatable bonds is 6. The highest BCUT2D eigenvalue weighted by Gasteiger charge is 2.12. The number of hydrogen-bond donors (Lipinski definition) is 2. The third kappa shape index (κ3) is 4.53. The predicted molar refractivity (Wildman–Crippen MR) is 121 cm³/mol. The summed E-state index contributed by atoms with van der Waals surface area (Å²) in [5.41, 5.74) is 2.27. The molecule has 2 amide bonds. The van der Waals surface area contributed by atoms with Crippen LogP contribution in [-0.2, 0) is 0 Å². The lowest BCUT2D eigenvalue weighted by Gasteiger charge is -2.07. The zero-order valence-corrected chi connectivity index (χ0v) is 17.3. The number of ketones is 1. The Balaban J connectivity index is 1.40. The van der Waals surface area contributed by atoms with Crippen molar-refractivity contribution in [2.24, 2.45) is 0 Å². The second-order valence-corrected chi connectivity index (χ2v) is 8.24. The Morgan fingerprint density at radius 3 is 1.30 bits per heavy atom. The van der Waals surface area contributed by atoms with Crippen LogP contribution < -0.4 is 10.6 Å². The van der Waals surface area contributed by atoms with Gasteiger partial charge in [0.05, 0.1) is 9.75 Å². The fraction of sp³-hybridized carbons (Fsp3) is 0. The lowest BCUT2D eigenvalue weighted by Crippen LogP contribution is -2.11. The summed E-state index contributed by atoms with van der Waals surface area (Å²) in [5.74, 6) is -0.490. The van der Waals surface area contributed by atoms with Crippen molar-refractivity contribution in [3.8, 4) is 0 Å². The van der Waals surface area contributed by atoms with Crippen molar-refractivity contribution in [1.29, 1.82) is 0 Å². The van der Waals surface area contributed by atoms with Gasteiger partial charge in [-0.3, -0.25) is 14.4 Å². The van der Waals surface area contributed by atoms with Crippen molar-refractivity contribution >= 4 is 51.6 Å². The van der Waals surface area contributed by atoms with Crippen LogP contribution >= 0.6 is 22.7 Å². The first kappa shape index (κ1) is 19.8. The molecule has 2 heterocycles. The number of nitrogens with one attached hydrogen (secondary N) is 2. The van der Waals surface area contributed by atoms with E-state index in [0.29, 0.717) is 32.3 Å². The molecule has 0 fully saturated rings. The molecule has 4 rings (SSSR count). The first-order chi connectivity index (χ1) is 14.6. The van der Waals surface area contributed by atoms with Crippen LogP contribution in [0.1, 0.15) is 35.3 Å². The van der Waals surface area contributed by atoms with Gasteiger partial charge in [0.1, 0.15) is 0 Å². The molecule has 0 saturated carbocycles. The van der Waals surface area contributed by atoms with E-state index in [-0.39, 0.29) is 17.6 Å². The van der Waals surface area contributed by atoms with E-state index < -0.39 is 0 Å². The zero-order chi connectivity index (χ0) is 20.9. The van der Waals surface area contributed by atoms with E-state index in [1.54, 1.807) is 60.7 Å². The molecular weight excluding hydrogens is 416 g/mol. The van der Waals surface area contributed by atoms with Crippen molar-refractivity contribution in [3.05, 3.63) is 104 Å². The van der Waals surface area contributed by atoms with Crippen LogP contribution in [0.2, 0.25) is 0 Å². The normalized spacial score (nSPS) is 10.4. The van der Waals surface area contributed by atoms with Crippen LogP contribution in [0, 0.1) is 0 Å². The highest BCUT2D eigenvalue weighted by Crippen LogP contribution is 2.18. The highest BCUT2D eigenvalue weighted by atomic mass is 32.1. The van der Waals surface area contributed by atoms with Gasteiger partial charge >= 0.3 is 0 Å². The molecular formula is C23H16N2O3S2. The fourth-order valence-electron chi connectivity index (χ4n) is 2.78. The minimum absolute atomic E-state index is 0.137. The van der Waals surface area contributed by atoms with E-state index in [4.69, 9.17) is 0 Å². The van der Waals surface area contributed by atoms with Gasteiger partial charge in [0, 0.05) is 22.5 Å². The van der Waals surface area contributed by atoms with Gasteiger partial charge in [-0.1, -0.05) is 12.1 Å². The number of carbonyl (C=O) groups excluding carboxylic acids is 3. The molecule has 7 heteroatoms. The lowest BCUT2D eigenvalue weighted by molar-refractivity contribution is 0.102. The SMILES string of the molecule is O=C(c1ccc(NC(=O)c2cccs2)cc1)c1ccc(NC(=O)c2cccs2)cc1. The highest BCUT2D eigenvalue weighted by molar-refractivity contribution is 7.12. The summed E-state index contributed by atoms with van der Waals surface area (Å²) in [6.07, 6.45) is 0. The summed E-state index contributed by atoms with van der Waals surface area (Å²) in [5, 5.41) is 9.30. The Kier molecular flexibility index (Phi) is 5.83. The van der Waals surface area contributed by atoms with Gasteiger partial charge in [0.2, 0.25) is 0 Å². The first-order valence-corrected chi connectivity index (χ1v) is 10.8. The quantitative estimate of drug-likeness (QED) is 0.393. The van der Waals surface area contributed by atoms with Crippen molar-refractivity contribution in [2.45, 2.75) is 0 Å². The summed E-state index contributed by atoms with van der Waals surface area (Å²) in [4.78, 5) is 38.2. The Hall–Kier alpha value is -3.55. The largest absolute Gasteiger partial charge is 0.321 e. The molecule has 148 valence electrons. The number of amides is 2. The average Bonchev–Trinajstić information content (AvgIpc) is 3.49. The molecule has 0 aliphatic carbocycles. The number of carbonyl (C=O) groups is 3. The predicted octanol–water partition coefficient (Wildman–Crippen LogP) is 5.55. The van der Waals surface area contributed by atoms with Crippen molar-refractivity contribution in [3.63, 3.8) is 0 Å². The molecule has 0 unspecified atom stereocenters. The number of benzene rings is 2. The van der Waals surface area contributed by atoms with Gasteiger partial charge < -0.3 is 10.6 Å². The number of anilines is 2. The van der Waals surface area contributed by atoms with Crippen molar-refractivity contribution in [1.82, 2.24) is 0 Å². The minimum Gasteiger partial charge on any atom is -0.321 e. The maximum absolute atomic E-state index is 12.7. The van der Waals surface area contributed by atoms with Crippen molar-refractivity contribution < 1.29 is 14.4 Å². The molecule has 0 aliphatic heterocycles. The van der Waals surface area contributed by atoms with E-state index >= 15 is 0 Å². The minimum atomic E-state index is -0.177. The van der Waals surface area contributed by atoms with Gasteiger partial charge in [-0.2, -0.15) is 0 Å². The molecule has 2 aromatic carbocycles. The molecule has 0 bridgehead atoms. The Bertz CT molecular complexity index is 1070. The fourth-order valence-corrected chi connectivity index (χ4v) is 4.02. The van der Waals surface area contributed by atoms with Gasteiger partial charge in [0.15, 0.2) is 5.78 Å². The van der Waals surface area contributed by atoms with E-state index in [1.165, 1.54) is 22.7 Å². The standard InChI is InChI=1S/C23H16N2O3S2/c26-21(15-5-9-17(10-6-15)24-22(27)19-3-1-13-29-19)16-7-11-18(12-8-16)25-23(28)20-4-2-14-30-20/h1-14H,(H,24,27)(H,25,28). The second-order valence-electron chi connectivity index (χ2n) is 6.35. The van der Waals surface area contributed by atoms with Crippen LogP contribution in [0.4, 0.5) is 11.4 Å². The first-order valence-electron chi connectivity index (χ1n) is 9.05. The molecule has 0 spiro atoms. The van der Waals surface area contributed by atoms with E-state index in [1.807, 2.05) is 22.9 Å². The lowest BCUT2D eigenvalue weighted by atomic mass is 10.0. The van der Waals surface area contributed by atoms with Crippen LogP contribution in [0.15, 0.2) is 83.6 Å². The molecule has 0 radical (unpaired) electrons. The van der Waals surface area contributed by atoms with Crippen molar-refractivity contribution in [2.75, 3.05) is 10.6 Å². The Morgan fingerprint density at radius 1 is 0.567 bits per heavy atom. The van der Waals surface area contributed by atoms with Crippen LogP contribution in [0.5, 0.6) is 0 Å². The Morgan fingerprint density at radius 2 is 0.967 bits per heavy atom. The zero-order valence-electron chi connectivity index (χ0n) is 15.6. The third-order valence-electron chi connectivity index (χ3n) is 4.30. The maximum atomic E-state index is 12.7. The summed E-state index contributed by atoms with van der Waals surface area (Å²) in [6.45, 7) is 0. The second kappa shape index (κ2) is 8.86. The monoisotopic (exact) mass is 432 g/mol. The van der Waals surface area contributed by atoms with Gasteiger partial charge in [-0.05, 0) is 71.4 Å². The molecule has 2 aromatic heterocycles. The van der Waals surface area contributed by atoms with Gasteiger partial charge in [0.25, 0.3) is 11.8 Å². The van der Waals surface area contributed by atoms with Gasteiger partial charge in [-0.25, -0.2) is 0 Å². The third-order valence-corrected chi connectivity index (χ3v) is 6.04. The van der Waals surface area contributed by atoms with E-state index in [2.05, 4.69) is 10.6 Å². The molecule has 5 nitrogen and oxygen atoms in total. The van der Waals surface area contributed by atoms with E-state index in [0.717, 1.165) is 0 Å². The van der Waals surface area contributed by atoms with Crippen LogP contribution in [-0.4, -0.2) is 17.6 Å². The molecule has 4 aromatic rings. The smallest absolute Gasteiger partial charge is 0.265 e. The number of hydrogen-bond acceptors (Lipinski definition) is 5. The summed E-state index contributed by atoms with van der Waals surface area (Å²) < 4.78 is 0. The van der Waals surface area contributed by atoms with Gasteiger partial charge in [-0.15, -0.1) is 22.7 Å². The summed E-state index contributed by atoms with van der Waals surface area (Å²) in [6, 6.07) is 20.7. The molecule has 0 saturated heterocycles. The average molecular weight is 433 g/mol.